The molecule has 0 unspecified atom stereocenters. The van der Waals surface area contributed by atoms with Gasteiger partial charge in [-0.05, 0) is 51.6 Å². The minimum Gasteiger partial charge on any atom is -0.444 e. The van der Waals surface area contributed by atoms with Crippen LogP contribution in [0.25, 0.3) is 0 Å². The fraction of sp³-hybridized carbons (Fsp3) is 0.533. The lowest BCUT2D eigenvalue weighted by Gasteiger charge is -2.28. The molecular weight excluding hydrogens is 240 g/mol. The molecule has 0 spiro atoms. The second-order valence-electron chi connectivity index (χ2n) is 5.68. The third kappa shape index (κ3) is 5.75. The number of hydrogen-bond acceptors (Lipinski definition) is 3. The molecule has 4 nitrogen and oxygen atoms in total. The smallest absolute Gasteiger partial charge is 0.405 e. The minimum absolute atomic E-state index is 0.261. The van der Waals surface area contributed by atoms with Crippen molar-refractivity contribution in [3.8, 4) is 0 Å². The van der Waals surface area contributed by atoms with Crippen LogP contribution >= 0.6 is 0 Å². The number of carbonyl (C=O) groups is 1. The molecule has 0 aliphatic carbocycles. The van der Waals surface area contributed by atoms with Gasteiger partial charge in [0.1, 0.15) is 5.60 Å². The number of amides is 1. The summed E-state index contributed by atoms with van der Waals surface area (Å²) in [4.78, 5) is 10.8. The van der Waals surface area contributed by atoms with Gasteiger partial charge in [-0.25, -0.2) is 4.79 Å². The zero-order chi connectivity index (χ0) is 14.5. The SMILES string of the molecule is Cc1ccc(C[C@H](CN)CC(C)(C)OC(N)=O)cc1. The van der Waals surface area contributed by atoms with Gasteiger partial charge in [-0.3, -0.25) is 0 Å². The van der Waals surface area contributed by atoms with Crippen LogP contribution in [0.2, 0.25) is 0 Å². The van der Waals surface area contributed by atoms with Gasteiger partial charge in [0.2, 0.25) is 0 Å². The van der Waals surface area contributed by atoms with Crippen molar-refractivity contribution >= 4 is 6.09 Å². The highest BCUT2D eigenvalue weighted by molar-refractivity contribution is 5.65. The van der Waals surface area contributed by atoms with Gasteiger partial charge in [-0.2, -0.15) is 0 Å². The summed E-state index contributed by atoms with van der Waals surface area (Å²) in [5.41, 5.74) is 12.8. The third-order valence-electron chi connectivity index (χ3n) is 3.14. The molecule has 1 aromatic carbocycles. The number of aryl methyl sites for hydroxylation is 1. The molecule has 0 aliphatic rings. The predicted octanol–water partition coefficient (Wildman–Crippen LogP) is 2.38. The van der Waals surface area contributed by atoms with E-state index in [9.17, 15) is 4.79 Å². The van der Waals surface area contributed by atoms with Crippen LogP contribution in [0, 0.1) is 12.8 Å². The highest BCUT2D eigenvalue weighted by Crippen LogP contribution is 2.23. The van der Waals surface area contributed by atoms with E-state index in [1.165, 1.54) is 11.1 Å². The van der Waals surface area contributed by atoms with Gasteiger partial charge in [0, 0.05) is 0 Å². The first-order valence-corrected chi connectivity index (χ1v) is 6.56. The molecule has 1 amide bonds. The summed E-state index contributed by atoms with van der Waals surface area (Å²) in [6.07, 6.45) is 0.832. The van der Waals surface area contributed by atoms with Crippen LogP contribution in [0.1, 0.15) is 31.4 Å². The quantitative estimate of drug-likeness (QED) is 0.828. The first-order valence-electron chi connectivity index (χ1n) is 6.56. The van der Waals surface area contributed by atoms with Gasteiger partial charge < -0.3 is 16.2 Å². The van der Waals surface area contributed by atoms with E-state index in [0.717, 1.165) is 6.42 Å². The summed E-state index contributed by atoms with van der Waals surface area (Å²) in [6, 6.07) is 8.40. The maximum Gasteiger partial charge on any atom is 0.405 e. The lowest BCUT2D eigenvalue weighted by molar-refractivity contribution is 0.0273. The van der Waals surface area contributed by atoms with Crippen LogP contribution in [-0.2, 0) is 11.2 Å². The lowest BCUT2D eigenvalue weighted by Crippen LogP contribution is -2.35. The number of nitrogens with two attached hydrogens (primary N) is 2. The molecule has 4 heteroatoms. The van der Waals surface area contributed by atoms with Crippen LogP contribution in [0.15, 0.2) is 24.3 Å². The van der Waals surface area contributed by atoms with Crippen LogP contribution in [0.5, 0.6) is 0 Å². The second kappa shape index (κ2) is 6.57. The van der Waals surface area contributed by atoms with Gasteiger partial charge in [0.25, 0.3) is 0 Å². The van der Waals surface area contributed by atoms with E-state index < -0.39 is 11.7 Å². The Kier molecular flexibility index (Phi) is 5.36. The van der Waals surface area contributed by atoms with Crippen LogP contribution < -0.4 is 11.5 Å². The summed E-state index contributed by atoms with van der Waals surface area (Å²) < 4.78 is 5.11. The largest absolute Gasteiger partial charge is 0.444 e. The molecule has 0 fully saturated rings. The number of benzene rings is 1. The Balaban J connectivity index is 2.63. The minimum atomic E-state index is -0.740. The molecule has 1 rings (SSSR count). The number of primary amides is 1. The van der Waals surface area contributed by atoms with Crippen LogP contribution in [0.3, 0.4) is 0 Å². The summed E-state index contributed by atoms with van der Waals surface area (Å²) in [7, 11) is 0. The predicted molar refractivity (Wildman–Crippen MR) is 76.8 cm³/mol. The van der Waals surface area contributed by atoms with Crippen molar-refractivity contribution in [2.45, 2.75) is 39.2 Å². The molecule has 0 aliphatic heterocycles. The van der Waals surface area contributed by atoms with Crippen molar-refractivity contribution in [2.75, 3.05) is 6.54 Å². The molecule has 0 aromatic heterocycles. The molecule has 1 atom stereocenters. The molecule has 0 saturated carbocycles. The first-order chi connectivity index (χ1) is 8.82. The topological polar surface area (TPSA) is 78.3 Å². The normalized spacial score (nSPS) is 13.1. The molecule has 106 valence electrons. The van der Waals surface area contributed by atoms with Gasteiger partial charge in [-0.1, -0.05) is 29.8 Å². The average molecular weight is 264 g/mol. The van der Waals surface area contributed by atoms with Crippen molar-refractivity contribution in [3.05, 3.63) is 35.4 Å². The van der Waals surface area contributed by atoms with Crippen molar-refractivity contribution in [1.29, 1.82) is 0 Å². The zero-order valence-electron chi connectivity index (χ0n) is 12.0. The van der Waals surface area contributed by atoms with Gasteiger partial charge in [0.15, 0.2) is 0 Å². The Bertz CT molecular complexity index is 413. The maximum atomic E-state index is 10.8. The van der Waals surface area contributed by atoms with Crippen molar-refractivity contribution in [3.63, 3.8) is 0 Å². The molecular formula is C15H24N2O2. The molecule has 0 bridgehead atoms. The third-order valence-corrected chi connectivity index (χ3v) is 3.14. The van der Waals surface area contributed by atoms with E-state index in [1.54, 1.807) is 0 Å². The summed E-state index contributed by atoms with van der Waals surface area (Å²) in [5.74, 6) is 0.261. The van der Waals surface area contributed by atoms with Gasteiger partial charge in [0.05, 0.1) is 0 Å². The average Bonchev–Trinajstić information content (AvgIpc) is 2.29. The van der Waals surface area contributed by atoms with E-state index in [1.807, 2.05) is 13.8 Å². The zero-order valence-corrected chi connectivity index (χ0v) is 12.0. The number of rotatable bonds is 6. The first kappa shape index (κ1) is 15.5. The van der Waals surface area contributed by atoms with Gasteiger partial charge >= 0.3 is 6.09 Å². The molecule has 0 saturated heterocycles. The highest BCUT2D eigenvalue weighted by Gasteiger charge is 2.26. The van der Waals surface area contributed by atoms with E-state index >= 15 is 0 Å². The fourth-order valence-electron chi connectivity index (χ4n) is 2.31. The maximum absolute atomic E-state index is 10.8. The lowest BCUT2D eigenvalue weighted by atomic mass is 9.88. The number of hydrogen-bond donors (Lipinski definition) is 2. The molecule has 19 heavy (non-hydrogen) atoms. The van der Waals surface area contributed by atoms with E-state index in [2.05, 4.69) is 31.2 Å². The number of carbonyl (C=O) groups excluding carboxylic acids is 1. The molecule has 0 radical (unpaired) electrons. The molecule has 0 heterocycles. The molecule has 1 aromatic rings. The Morgan fingerprint density at radius 2 is 1.89 bits per heavy atom. The van der Waals surface area contributed by atoms with Crippen molar-refractivity contribution in [2.24, 2.45) is 17.4 Å². The second-order valence-corrected chi connectivity index (χ2v) is 5.68. The fourth-order valence-corrected chi connectivity index (χ4v) is 2.31. The molecule has 4 N–H and O–H groups in total. The summed E-state index contributed by atoms with van der Waals surface area (Å²) >= 11 is 0. The number of ether oxygens (including phenoxy) is 1. The Morgan fingerprint density at radius 3 is 2.37 bits per heavy atom. The van der Waals surface area contributed by atoms with E-state index in [4.69, 9.17) is 16.2 Å². The van der Waals surface area contributed by atoms with Crippen LogP contribution in [-0.4, -0.2) is 18.2 Å². The monoisotopic (exact) mass is 264 g/mol. The summed E-state index contributed by atoms with van der Waals surface area (Å²) in [5, 5.41) is 0. The van der Waals surface area contributed by atoms with E-state index in [0.29, 0.717) is 13.0 Å². The van der Waals surface area contributed by atoms with Gasteiger partial charge in [-0.15, -0.1) is 0 Å². The van der Waals surface area contributed by atoms with Crippen LogP contribution in [0.4, 0.5) is 4.79 Å². The van der Waals surface area contributed by atoms with E-state index in [-0.39, 0.29) is 5.92 Å². The van der Waals surface area contributed by atoms with Crippen molar-refractivity contribution in [1.82, 2.24) is 0 Å². The standard InChI is InChI=1S/C15H24N2O2/c1-11-4-6-12(7-5-11)8-13(10-16)9-15(2,3)19-14(17)18/h4-7,13H,8-10,16H2,1-3H3,(H2,17,18)/t13-/m0/s1. The Hall–Kier alpha value is -1.55. The highest BCUT2D eigenvalue weighted by atomic mass is 16.6. The van der Waals surface area contributed by atoms with Crippen molar-refractivity contribution < 1.29 is 9.53 Å². The Labute approximate surface area is 115 Å². The summed E-state index contributed by atoms with van der Waals surface area (Å²) in [6.45, 7) is 6.33. The Morgan fingerprint density at radius 1 is 1.32 bits per heavy atom.